The smallest absolute Gasteiger partial charge is 0.146 e. The molecule has 2 rings (SSSR count). The first-order valence-corrected chi connectivity index (χ1v) is 8.36. The zero-order valence-electron chi connectivity index (χ0n) is 9.24. The third-order valence-electron chi connectivity index (χ3n) is 2.19. The Labute approximate surface area is 146 Å². The topological polar surface area (TPSA) is 53.1 Å². The van der Waals surface area contributed by atoms with Crippen molar-refractivity contribution in [2.24, 2.45) is 0 Å². The largest absolute Gasteiger partial charge is 0.489 e. The van der Waals surface area contributed by atoms with E-state index in [2.05, 4.69) is 85.0 Å². The first-order valence-electron chi connectivity index (χ1n) is 5.12. The second-order valence-electron chi connectivity index (χ2n) is 3.55. The van der Waals surface area contributed by atoms with Gasteiger partial charge in [0.15, 0.2) is 0 Å². The minimum atomic E-state index is 0.536. The maximum Gasteiger partial charge on any atom is 0.146 e. The average molecular weight is 581 g/mol. The Morgan fingerprint density at radius 2 is 1.89 bits per heavy atom. The molecule has 0 saturated heterocycles. The van der Waals surface area contributed by atoms with E-state index >= 15 is 0 Å². The van der Waals surface area contributed by atoms with Crippen LogP contribution in [0.15, 0.2) is 24.4 Å². The molecule has 0 aliphatic carbocycles. The molecule has 0 atom stereocenters. The van der Waals surface area contributed by atoms with Gasteiger partial charge in [0, 0.05) is 9.77 Å². The van der Waals surface area contributed by atoms with E-state index in [0.717, 1.165) is 12.9 Å². The molecule has 1 heterocycles. The molecule has 0 bridgehead atoms. The molecule has 1 aromatic heterocycles. The molecule has 4 nitrogen and oxygen atoms in total. The molecule has 0 amide bonds. The van der Waals surface area contributed by atoms with Gasteiger partial charge in [-0.05, 0) is 86.0 Å². The summed E-state index contributed by atoms with van der Waals surface area (Å²) in [6.45, 7) is 1.27. The van der Waals surface area contributed by atoms with Crippen molar-refractivity contribution < 1.29 is 4.74 Å². The first-order chi connectivity index (χ1) is 8.56. The highest BCUT2D eigenvalue weighted by Gasteiger charge is 2.08. The molecule has 0 unspecified atom stereocenters. The molecule has 0 aliphatic heterocycles. The predicted octanol–water partition coefficient (Wildman–Crippen LogP) is 3.36. The van der Waals surface area contributed by atoms with Crippen LogP contribution in [0.1, 0.15) is 0 Å². The van der Waals surface area contributed by atoms with Gasteiger partial charge in [0.05, 0.1) is 13.7 Å². The molecule has 2 aromatic rings. The van der Waals surface area contributed by atoms with Gasteiger partial charge in [0.2, 0.25) is 0 Å². The Kier molecular flexibility index (Phi) is 5.35. The number of nitrogens with two attached hydrogens (primary N) is 1. The van der Waals surface area contributed by atoms with E-state index in [1.54, 1.807) is 10.7 Å². The fraction of sp³-hybridized carbons (Fsp3) is 0.182. The molecule has 1 aromatic carbocycles. The molecule has 0 saturated carbocycles. The number of rotatable bonds is 4. The van der Waals surface area contributed by atoms with Crippen LogP contribution in [0.5, 0.6) is 5.75 Å². The average Bonchev–Trinajstić information content (AvgIpc) is 2.68. The summed E-state index contributed by atoms with van der Waals surface area (Å²) in [6, 6.07) is 5.98. The van der Waals surface area contributed by atoms with Crippen LogP contribution < -0.4 is 10.5 Å². The summed E-state index contributed by atoms with van der Waals surface area (Å²) in [4.78, 5) is 0. The van der Waals surface area contributed by atoms with Crippen LogP contribution in [0.2, 0.25) is 0 Å². The van der Waals surface area contributed by atoms with Crippen LogP contribution >= 0.6 is 67.8 Å². The van der Waals surface area contributed by atoms with Crippen molar-refractivity contribution in [3.05, 3.63) is 35.1 Å². The second-order valence-corrected chi connectivity index (χ2v) is 7.12. The number of hydrogen-bond donors (Lipinski definition) is 1. The van der Waals surface area contributed by atoms with Gasteiger partial charge in [-0.25, -0.2) is 0 Å². The second kappa shape index (κ2) is 6.59. The highest BCUT2D eigenvalue weighted by molar-refractivity contribution is 14.1. The lowest BCUT2D eigenvalue weighted by Crippen LogP contribution is -2.10. The van der Waals surface area contributed by atoms with Crippen molar-refractivity contribution in [1.82, 2.24) is 9.78 Å². The molecule has 0 aliphatic rings. The summed E-state index contributed by atoms with van der Waals surface area (Å²) >= 11 is 6.89. The van der Waals surface area contributed by atoms with Crippen molar-refractivity contribution >= 4 is 73.6 Å². The van der Waals surface area contributed by atoms with Crippen LogP contribution in [0.25, 0.3) is 0 Å². The predicted molar refractivity (Wildman–Crippen MR) is 96.7 cm³/mol. The monoisotopic (exact) mass is 581 g/mol. The van der Waals surface area contributed by atoms with Gasteiger partial charge in [-0.15, -0.1) is 0 Å². The van der Waals surface area contributed by atoms with Crippen LogP contribution in [0.3, 0.4) is 0 Å². The number of nitrogen functional groups attached to an aromatic ring is 1. The van der Waals surface area contributed by atoms with Gasteiger partial charge < -0.3 is 10.5 Å². The summed E-state index contributed by atoms with van der Waals surface area (Å²) in [6.07, 6.45) is 1.85. The van der Waals surface area contributed by atoms with Crippen molar-refractivity contribution in [2.75, 3.05) is 12.3 Å². The van der Waals surface area contributed by atoms with Gasteiger partial charge in [0.1, 0.15) is 18.2 Å². The number of benzene rings is 1. The third kappa shape index (κ3) is 3.85. The van der Waals surface area contributed by atoms with Crippen molar-refractivity contribution in [3.63, 3.8) is 0 Å². The van der Waals surface area contributed by atoms with E-state index in [1.807, 2.05) is 6.20 Å². The number of nitrogens with zero attached hydrogens (tertiary/aromatic N) is 2. The van der Waals surface area contributed by atoms with Crippen LogP contribution in [-0.2, 0) is 6.54 Å². The van der Waals surface area contributed by atoms with Crippen LogP contribution in [-0.4, -0.2) is 16.4 Å². The van der Waals surface area contributed by atoms with Gasteiger partial charge >= 0.3 is 0 Å². The van der Waals surface area contributed by atoms with Gasteiger partial charge in [-0.3, -0.25) is 4.68 Å². The highest BCUT2D eigenvalue weighted by Crippen LogP contribution is 2.29. The molecule has 96 valence electrons. The SMILES string of the molecule is Nc1ccn(CCOc2c(I)cc(I)cc2I)n1. The maximum absolute atomic E-state index is 5.82. The van der Waals surface area contributed by atoms with Crippen LogP contribution in [0, 0.1) is 10.7 Å². The number of aromatic nitrogens is 2. The highest BCUT2D eigenvalue weighted by atomic mass is 127. The Bertz CT molecular complexity index is 533. The molecular weight excluding hydrogens is 571 g/mol. The fourth-order valence-corrected chi connectivity index (χ4v) is 5.30. The van der Waals surface area contributed by atoms with Gasteiger partial charge in [-0.2, -0.15) is 5.10 Å². The summed E-state index contributed by atoms with van der Waals surface area (Å²) in [5, 5.41) is 4.11. The first kappa shape index (κ1) is 14.6. The zero-order valence-corrected chi connectivity index (χ0v) is 15.7. The summed E-state index contributed by atoms with van der Waals surface area (Å²) in [5.41, 5.74) is 5.55. The minimum Gasteiger partial charge on any atom is -0.489 e. The standard InChI is InChI=1S/C11H10I3N3O/c12-7-5-8(13)11(9(14)6-7)18-4-3-17-2-1-10(15)16-17/h1-2,5-6H,3-4H2,(H2,15,16). The molecule has 0 fully saturated rings. The van der Waals surface area contributed by atoms with E-state index in [1.165, 1.54) is 3.57 Å². The van der Waals surface area contributed by atoms with Gasteiger partial charge in [0.25, 0.3) is 0 Å². The molecular formula is C11H10I3N3O. The molecule has 0 radical (unpaired) electrons. The number of halogens is 3. The van der Waals surface area contributed by atoms with E-state index in [0.29, 0.717) is 19.0 Å². The van der Waals surface area contributed by atoms with E-state index < -0.39 is 0 Å². The lowest BCUT2D eigenvalue weighted by molar-refractivity contribution is 0.287. The Morgan fingerprint density at radius 1 is 1.22 bits per heavy atom. The molecule has 18 heavy (non-hydrogen) atoms. The summed E-state index contributed by atoms with van der Waals surface area (Å²) in [7, 11) is 0. The lowest BCUT2D eigenvalue weighted by Gasteiger charge is -2.11. The Balaban J connectivity index is 1.98. The fourth-order valence-electron chi connectivity index (χ4n) is 1.41. The lowest BCUT2D eigenvalue weighted by atomic mass is 10.3. The van der Waals surface area contributed by atoms with Crippen LogP contribution in [0.4, 0.5) is 5.82 Å². The van der Waals surface area contributed by atoms with E-state index in [9.17, 15) is 0 Å². The number of anilines is 1. The number of hydrogen-bond acceptors (Lipinski definition) is 3. The Morgan fingerprint density at radius 3 is 2.44 bits per heavy atom. The summed E-state index contributed by atoms with van der Waals surface area (Å²) < 4.78 is 11.1. The van der Waals surface area contributed by atoms with E-state index in [4.69, 9.17) is 10.5 Å². The van der Waals surface area contributed by atoms with Crippen molar-refractivity contribution in [1.29, 1.82) is 0 Å². The Hall–Kier alpha value is 0.220. The van der Waals surface area contributed by atoms with Crippen molar-refractivity contribution in [2.45, 2.75) is 6.54 Å². The third-order valence-corrected chi connectivity index (χ3v) is 4.42. The van der Waals surface area contributed by atoms with Gasteiger partial charge in [-0.1, -0.05) is 0 Å². The normalized spacial score (nSPS) is 10.6. The maximum atomic E-state index is 5.82. The van der Waals surface area contributed by atoms with Crippen molar-refractivity contribution in [3.8, 4) is 5.75 Å². The zero-order chi connectivity index (χ0) is 13.1. The quantitative estimate of drug-likeness (QED) is 0.565. The minimum absolute atomic E-state index is 0.536. The summed E-state index contributed by atoms with van der Waals surface area (Å²) in [5.74, 6) is 1.48. The molecule has 7 heteroatoms. The molecule has 2 N–H and O–H groups in total. The van der Waals surface area contributed by atoms with E-state index in [-0.39, 0.29) is 0 Å². The molecule has 0 spiro atoms. The number of ether oxygens (including phenoxy) is 1.